The number of benzene rings is 3. The van der Waals surface area contributed by atoms with E-state index in [2.05, 4.69) is 57.9 Å². The van der Waals surface area contributed by atoms with Crippen molar-refractivity contribution < 1.29 is 9.53 Å². The van der Waals surface area contributed by atoms with Crippen LogP contribution in [-0.4, -0.2) is 32.8 Å². The molecule has 1 aromatic heterocycles. The monoisotopic (exact) mass is 576 g/mol. The lowest BCUT2D eigenvalue weighted by Gasteiger charge is -2.14. The molecule has 1 amide bonds. The van der Waals surface area contributed by atoms with E-state index >= 15 is 0 Å². The van der Waals surface area contributed by atoms with Gasteiger partial charge >= 0.3 is 0 Å². The lowest BCUT2D eigenvalue weighted by molar-refractivity contribution is -0.122. The highest BCUT2D eigenvalue weighted by Gasteiger charge is 2.31. The second-order valence-electron chi connectivity index (χ2n) is 8.67. The van der Waals surface area contributed by atoms with Gasteiger partial charge in [-0.2, -0.15) is 0 Å². The smallest absolute Gasteiger partial charge is 0.266 e. The van der Waals surface area contributed by atoms with Gasteiger partial charge in [-0.3, -0.25) is 9.69 Å². The van der Waals surface area contributed by atoms with E-state index in [-0.39, 0.29) is 5.91 Å². The summed E-state index contributed by atoms with van der Waals surface area (Å²) in [5.41, 5.74) is 4.48. The van der Waals surface area contributed by atoms with Crippen molar-refractivity contribution >= 4 is 67.1 Å². The highest BCUT2D eigenvalue weighted by atomic mass is 79.9. The van der Waals surface area contributed by atoms with E-state index in [9.17, 15) is 4.79 Å². The molecule has 0 unspecified atom stereocenters. The van der Waals surface area contributed by atoms with Crippen molar-refractivity contribution in [2.75, 3.05) is 13.2 Å². The van der Waals surface area contributed by atoms with E-state index in [0.717, 1.165) is 33.1 Å². The van der Waals surface area contributed by atoms with Crippen LogP contribution >= 0.6 is 39.9 Å². The fourth-order valence-corrected chi connectivity index (χ4v) is 5.87. The normalized spacial score (nSPS) is 14.8. The molecule has 4 nitrogen and oxygen atoms in total. The maximum atomic E-state index is 13.2. The molecular weight excluding hydrogens is 552 g/mol. The first-order chi connectivity index (χ1) is 17.5. The molecule has 0 aliphatic carbocycles. The number of hydrogen-bond acceptors (Lipinski definition) is 4. The van der Waals surface area contributed by atoms with E-state index in [0.29, 0.717) is 28.9 Å². The topological polar surface area (TPSA) is 34.5 Å². The van der Waals surface area contributed by atoms with Gasteiger partial charge in [-0.25, -0.2) is 0 Å². The third kappa shape index (κ3) is 5.59. The SMILES string of the molecule is Cc1ccc(OCCn2cc(/C=C3\SC(=S)N(CCc4ccccc4)C3=O)c3cc(Br)ccc32)cc1. The molecule has 1 aliphatic rings. The Hall–Kier alpha value is -2.87. The van der Waals surface area contributed by atoms with E-state index in [1.165, 1.54) is 22.9 Å². The standard InChI is InChI=1S/C29H25BrN2O2S2/c1-20-7-10-24(11-8-20)34-16-15-31-19-22(25-18-23(30)9-12-26(25)31)17-27-28(33)32(29(35)36-27)14-13-21-5-3-2-4-6-21/h2-12,17-19H,13-16H2,1H3/b27-17-. The number of nitrogens with zero attached hydrogens (tertiary/aromatic N) is 2. The number of thioether (sulfide) groups is 1. The lowest BCUT2D eigenvalue weighted by Crippen LogP contribution is -2.30. The number of amides is 1. The number of halogens is 1. The molecule has 182 valence electrons. The molecule has 1 aliphatic heterocycles. The first kappa shape index (κ1) is 24.8. The molecule has 7 heteroatoms. The Labute approximate surface area is 229 Å². The van der Waals surface area contributed by atoms with Gasteiger partial charge in [-0.1, -0.05) is 87.9 Å². The predicted molar refractivity (Wildman–Crippen MR) is 156 cm³/mol. The van der Waals surface area contributed by atoms with Crippen molar-refractivity contribution in [3.8, 4) is 5.75 Å². The van der Waals surface area contributed by atoms with Crippen molar-refractivity contribution in [2.45, 2.75) is 19.9 Å². The third-order valence-electron chi connectivity index (χ3n) is 6.12. The maximum Gasteiger partial charge on any atom is 0.266 e. The van der Waals surface area contributed by atoms with Crippen LogP contribution < -0.4 is 4.74 Å². The number of ether oxygens (including phenoxy) is 1. The number of carbonyl (C=O) groups excluding carboxylic acids is 1. The van der Waals surface area contributed by atoms with Crippen LogP contribution in [0.2, 0.25) is 0 Å². The van der Waals surface area contributed by atoms with Gasteiger partial charge in [-0.15, -0.1) is 0 Å². The Bertz CT molecular complexity index is 1450. The van der Waals surface area contributed by atoms with Gasteiger partial charge < -0.3 is 9.30 Å². The summed E-state index contributed by atoms with van der Waals surface area (Å²) in [4.78, 5) is 15.6. The van der Waals surface area contributed by atoms with Gasteiger partial charge in [0, 0.05) is 33.7 Å². The van der Waals surface area contributed by atoms with E-state index in [4.69, 9.17) is 17.0 Å². The molecule has 0 spiro atoms. The Balaban J connectivity index is 1.35. The summed E-state index contributed by atoms with van der Waals surface area (Å²) < 4.78 is 9.74. The van der Waals surface area contributed by atoms with E-state index in [1.807, 2.05) is 54.6 Å². The highest BCUT2D eigenvalue weighted by Crippen LogP contribution is 2.35. The number of thiocarbonyl (C=S) groups is 1. The summed E-state index contributed by atoms with van der Waals surface area (Å²) in [6.07, 6.45) is 4.83. The predicted octanol–water partition coefficient (Wildman–Crippen LogP) is 7.24. The summed E-state index contributed by atoms with van der Waals surface area (Å²) >= 11 is 10.5. The fourth-order valence-electron chi connectivity index (χ4n) is 4.21. The first-order valence-electron chi connectivity index (χ1n) is 11.7. The van der Waals surface area contributed by atoms with Gasteiger partial charge in [0.2, 0.25) is 0 Å². The maximum absolute atomic E-state index is 13.2. The fraction of sp³-hybridized carbons (Fsp3) is 0.172. The molecule has 1 saturated heterocycles. The molecule has 1 fully saturated rings. The zero-order valence-corrected chi connectivity index (χ0v) is 23.0. The molecule has 0 radical (unpaired) electrons. The average molecular weight is 578 g/mol. The van der Waals surface area contributed by atoms with Crippen LogP contribution in [0.4, 0.5) is 0 Å². The van der Waals surface area contributed by atoms with Crippen molar-refractivity contribution in [1.82, 2.24) is 9.47 Å². The number of hydrogen-bond donors (Lipinski definition) is 0. The summed E-state index contributed by atoms with van der Waals surface area (Å²) in [5.74, 6) is 0.832. The minimum absolute atomic E-state index is 0.0282. The molecule has 2 heterocycles. The Morgan fingerprint density at radius 1 is 1.03 bits per heavy atom. The zero-order valence-electron chi connectivity index (χ0n) is 19.8. The largest absolute Gasteiger partial charge is 0.492 e. The van der Waals surface area contributed by atoms with Crippen molar-refractivity contribution in [3.63, 3.8) is 0 Å². The third-order valence-corrected chi connectivity index (χ3v) is 7.99. The number of fused-ring (bicyclic) bond motifs is 1. The van der Waals surface area contributed by atoms with Crippen LogP contribution in [0.15, 0.2) is 88.4 Å². The first-order valence-corrected chi connectivity index (χ1v) is 13.8. The molecule has 36 heavy (non-hydrogen) atoms. The van der Waals surface area contributed by atoms with Gasteiger partial charge in [-0.05, 0) is 55.3 Å². The van der Waals surface area contributed by atoms with E-state index < -0.39 is 0 Å². The lowest BCUT2D eigenvalue weighted by atomic mass is 10.1. The van der Waals surface area contributed by atoms with Crippen molar-refractivity contribution in [2.24, 2.45) is 0 Å². The number of carbonyl (C=O) groups is 1. The molecule has 0 saturated carbocycles. The molecular formula is C29H25BrN2O2S2. The van der Waals surface area contributed by atoms with Crippen LogP contribution in [-0.2, 0) is 17.8 Å². The molecule has 5 rings (SSSR count). The second-order valence-corrected chi connectivity index (χ2v) is 11.3. The summed E-state index contributed by atoms with van der Waals surface area (Å²) in [7, 11) is 0. The van der Waals surface area contributed by atoms with Gasteiger partial charge in [0.1, 0.15) is 16.7 Å². The molecule has 0 atom stereocenters. The average Bonchev–Trinajstić information content (AvgIpc) is 3.35. The Morgan fingerprint density at radius 3 is 2.58 bits per heavy atom. The van der Waals surface area contributed by atoms with Crippen LogP contribution in [0.3, 0.4) is 0 Å². The quantitative estimate of drug-likeness (QED) is 0.163. The number of rotatable bonds is 8. The molecule has 3 aromatic carbocycles. The van der Waals surface area contributed by atoms with Gasteiger partial charge in [0.25, 0.3) is 5.91 Å². The van der Waals surface area contributed by atoms with Crippen LogP contribution in [0.25, 0.3) is 17.0 Å². The number of aryl methyl sites for hydroxylation is 1. The Kier molecular flexibility index (Phi) is 7.60. The van der Waals surface area contributed by atoms with Crippen molar-refractivity contribution in [1.29, 1.82) is 0 Å². The Morgan fingerprint density at radius 2 is 1.81 bits per heavy atom. The minimum atomic E-state index is -0.0282. The molecule has 0 N–H and O–H groups in total. The summed E-state index contributed by atoms with van der Waals surface area (Å²) in [5, 5.41) is 1.08. The van der Waals surface area contributed by atoms with Crippen molar-refractivity contribution in [3.05, 3.63) is 105 Å². The summed E-state index contributed by atoms with van der Waals surface area (Å²) in [6, 6.07) is 24.5. The summed E-state index contributed by atoms with van der Waals surface area (Å²) in [6.45, 7) is 3.88. The second kappa shape index (κ2) is 11.0. The highest BCUT2D eigenvalue weighted by molar-refractivity contribution is 9.10. The van der Waals surface area contributed by atoms with Crippen LogP contribution in [0, 0.1) is 6.92 Å². The van der Waals surface area contributed by atoms with E-state index in [1.54, 1.807) is 4.90 Å². The zero-order chi connectivity index (χ0) is 25.1. The van der Waals surface area contributed by atoms with Crippen LogP contribution in [0.5, 0.6) is 5.75 Å². The van der Waals surface area contributed by atoms with Crippen LogP contribution in [0.1, 0.15) is 16.7 Å². The number of aromatic nitrogens is 1. The minimum Gasteiger partial charge on any atom is -0.492 e. The molecule has 0 bridgehead atoms. The van der Waals surface area contributed by atoms with Gasteiger partial charge in [0.15, 0.2) is 0 Å². The molecule has 4 aromatic rings. The van der Waals surface area contributed by atoms with Gasteiger partial charge in [0.05, 0.1) is 11.4 Å².